The van der Waals surface area contributed by atoms with E-state index in [2.05, 4.69) is 30.0 Å². The summed E-state index contributed by atoms with van der Waals surface area (Å²) in [6.07, 6.45) is 6.32. The Morgan fingerprint density at radius 2 is 1.90 bits per heavy atom. The zero-order chi connectivity index (χ0) is 14.4. The van der Waals surface area contributed by atoms with Crippen LogP contribution in [0.15, 0.2) is 18.2 Å². The molecule has 3 nitrogen and oxygen atoms in total. The molecular formula is C17H28N2O. The van der Waals surface area contributed by atoms with Gasteiger partial charge < -0.3 is 10.5 Å². The van der Waals surface area contributed by atoms with E-state index in [1.165, 1.54) is 49.9 Å². The molecule has 1 aliphatic heterocycles. The summed E-state index contributed by atoms with van der Waals surface area (Å²) in [6, 6.07) is 6.70. The number of hydrogen-bond donors (Lipinski definition) is 1. The SMILES string of the molecule is COc1ccc(CC(C)N)cc1CN1CCCCCC1. The molecule has 0 saturated carbocycles. The molecule has 1 saturated heterocycles. The van der Waals surface area contributed by atoms with E-state index < -0.39 is 0 Å². The summed E-state index contributed by atoms with van der Waals surface area (Å²) >= 11 is 0. The summed E-state index contributed by atoms with van der Waals surface area (Å²) < 4.78 is 5.52. The number of benzene rings is 1. The predicted molar refractivity (Wildman–Crippen MR) is 84.1 cm³/mol. The Balaban J connectivity index is 2.10. The molecule has 3 heteroatoms. The number of methoxy groups -OCH3 is 1. The lowest BCUT2D eigenvalue weighted by Gasteiger charge is -2.21. The lowest BCUT2D eigenvalue weighted by molar-refractivity contribution is 0.271. The Hall–Kier alpha value is -1.06. The van der Waals surface area contributed by atoms with Crippen molar-refractivity contribution >= 4 is 0 Å². The van der Waals surface area contributed by atoms with Gasteiger partial charge in [0, 0.05) is 18.2 Å². The fraction of sp³-hybridized carbons (Fsp3) is 0.647. The van der Waals surface area contributed by atoms with Crippen molar-refractivity contribution in [1.82, 2.24) is 4.90 Å². The van der Waals surface area contributed by atoms with Crippen molar-refractivity contribution < 1.29 is 4.74 Å². The van der Waals surface area contributed by atoms with Crippen LogP contribution in [0.1, 0.15) is 43.7 Å². The zero-order valence-corrected chi connectivity index (χ0v) is 12.9. The third-order valence-electron chi connectivity index (χ3n) is 4.00. The van der Waals surface area contributed by atoms with Crippen LogP contribution in [-0.4, -0.2) is 31.1 Å². The van der Waals surface area contributed by atoms with Crippen LogP contribution in [-0.2, 0) is 13.0 Å². The Morgan fingerprint density at radius 3 is 2.50 bits per heavy atom. The molecule has 0 spiro atoms. The average Bonchev–Trinajstić information content (AvgIpc) is 2.67. The van der Waals surface area contributed by atoms with E-state index in [1.807, 2.05) is 0 Å². The molecule has 1 fully saturated rings. The largest absolute Gasteiger partial charge is 0.496 e. The van der Waals surface area contributed by atoms with Crippen LogP contribution in [0.25, 0.3) is 0 Å². The van der Waals surface area contributed by atoms with E-state index >= 15 is 0 Å². The van der Waals surface area contributed by atoms with E-state index in [1.54, 1.807) is 7.11 Å². The Kier molecular flexibility index (Phi) is 5.86. The molecule has 0 bridgehead atoms. The van der Waals surface area contributed by atoms with Crippen LogP contribution in [0.5, 0.6) is 5.75 Å². The maximum absolute atomic E-state index is 5.91. The zero-order valence-electron chi connectivity index (χ0n) is 12.9. The van der Waals surface area contributed by atoms with Gasteiger partial charge in [-0.3, -0.25) is 4.90 Å². The lowest BCUT2D eigenvalue weighted by Crippen LogP contribution is -2.24. The first-order valence-electron chi connectivity index (χ1n) is 7.83. The van der Waals surface area contributed by atoms with Crippen LogP contribution in [0, 0.1) is 0 Å². The van der Waals surface area contributed by atoms with Crippen molar-refractivity contribution in [3.05, 3.63) is 29.3 Å². The Bertz CT molecular complexity index is 409. The van der Waals surface area contributed by atoms with E-state index in [0.717, 1.165) is 18.7 Å². The first-order valence-corrected chi connectivity index (χ1v) is 7.83. The molecule has 0 aromatic heterocycles. The predicted octanol–water partition coefficient (Wildman–Crippen LogP) is 2.96. The molecule has 0 aliphatic carbocycles. The van der Waals surface area contributed by atoms with Gasteiger partial charge in [0.2, 0.25) is 0 Å². The highest BCUT2D eigenvalue weighted by Gasteiger charge is 2.13. The molecule has 2 rings (SSSR count). The van der Waals surface area contributed by atoms with Gasteiger partial charge in [-0.2, -0.15) is 0 Å². The minimum Gasteiger partial charge on any atom is -0.496 e. The number of ether oxygens (including phenoxy) is 1. The van der Waals surface area contributed by atoms with Crippen LogP contribution < -0.4 is 10.5 Å². The van der Waals surface area contributed by atoms with Crippen molar-refractivity contribution in [2.24, 2.45) is 5.73 Å². The third-order valence-corrected chi connectivity index (χ3v) is 4.00. The standard InChI is InChI=1S/C17H28N2O/c1-14(18)11-15-7-8-17(20-2)16(12-15)13-19-9-5-3-4-6-10-19/h7-8,12,14H,3-6,9-11,13,18H2,1-2H3. The molecule has 1 heterocycles. The molecule has 112 valence electrons. The van der Waals surface area contributed by atoms with Gasteiger partial charge in [0.05, 0.1) is 7.11 Å². The highest BCUT2D eigenvalue weighted by atomic mass is 16.5. The first-order chi connectivity index (χ1) is 9.69. The second-order valence-electron chi connectivity index (χ2n) is 6.02. The molecule has 1 aromatic rings. The second kappa shape index (κ2) is 7.65. The highest BCUT2D eigenvalue weighted by molar-refractivity contribution is 5.37. The smallest absolute Gasteiger partial charge is 0.123 e. The van der Waals surface area contributed by atoms with Crippen molar-refractivity contribution in [2.45, 2.75) is 51.6 Å². The van der Waals surface area contributed by atoms with Gasteiger partial charge in [-0.05, 0) is 50.9 Å². The van der Waals surface area contributed by atoms with Crippen LogP contribution >= 0.6 is 0 Å². The van der Waals surface area contributed by atoms with Crippen LogP contribution in [0.4, 0.5) is 0 Å². The van der Waals surface area contributed by atoms with Gasteiger partial charge in [-0.1, -0.05) is 25.0 Å². The van der Waals surface area contributed by atoms with Gasteiger partial charge in [0.1, 0.15) is 5.75 Å². The van der Waals surface area contributed by atoms with E-state index in [-0.39, 0.29) is 6.04 Å². The second-order valence-corrected chi connectivity index (χ2v) is 6.02. The minimum atomic E-state index is 0.203. The number of nitrogens with two attached hydrogens (primary N) is 1. The van der Waals surface area contributed by atoms with Crippen molar-refractivity contribution in [2.75, 3.05) is 20.2 Å². The number of nitrogens with zero attached hydrogens (tertiary/aromatic N) is 1. The van der Waals surface area contributed by atoms with Gasteiger partial charge in [-0.25, -0.2) is 0 Å². The summed E-state index contributed by atoms with van der Waals surface area (Å²) in [4.78, 5) is 2.56. The summed E-state index contributed by atoms with van der Waals surface area (Å²) in [6.45, 7) is 5.47. The minimum absolute atomic E-state index is 0.203. The van der Waals surface area contributed by atoms with Crippen molar-refractivity contribution in [3.8, 4) is 5.75 Å². The molecule has 0 amide bonds. The number of hydrogen-bond acceptors (Lipinski definition) is 3. The molecule has 20 heavy (non-hydrogen) atoms. The maximum atomic E-state index is 5.91. The molecule has 1 atom stereocenters. The highest BCUT2D eigenvalue weighted by Crippen LogP contribution is 2.23. The van der Waals surface area contributed by atoms with Gasteiger partial charge >= 0.3 is 0 Å². The fourth-order valence-corrected chi connectivity index (χ4v) is 2.99. The third kappa shape index (κ3) is 4.50. The topological polar surface area (TPSA) is 38.5 Å². The van der Waals surface area contributed by atoms with Gasteiger partial charge in [0.25, 0.3) is 0 Å². The normalized spacial score (nSPS) is 18.6. The van der Waals surface area contributed by atoms with Crippen LogP contribution in [0.2, 0.25) is 0 Å². The number of rotatable bonds is 5. The van der Waals surface area contributed by atoms with Gasteiger partial charge in [-0.15, -0.1) is 0 Å². The summed E-state index contributed by atoms with van der Waals surface area (Å²) in [5, 5.41) is 0. The maximum Gasteiger partial charge on any atom is 0.123 e. The molecule has 1 unspecified atom stereocenters. The van der Waals surface area contributed by atoms with Crippen molar-refractivity contribution in [3.63, 3.8) is 0 Å². The van der Waals surface area contributed by atoms with Gasteiger partial charge in [0.15, 0.2) is 0 Å². The molecule has 2 N–H and O–H groups in total. The Morgan fingerprint density at radius 1 is 1.20 bits per heavy atom. The van der Waals surface area contributed by atoms with E-state index in [4.69, 9.17) is 10.5 Å². The molecule has 1 aliphatic rings. The van der Waals surface area contributed by atoms with E-state index in [0.29, 0.717) is 0 Å². The average molecular weight is 276 g/mol. The fourth-order valence-electron chi connectivity index (χ4n) is 2.99. The van der Waals surface area contributed by atoms with Crippen molar-refractivity contribution in [1.29, 1.82) is 0 Å². The monoisotopic (exact) mass is 276 g/mol. The van der Waals surface area contributed by atoms with E-state index in [9.17, 15) is 0 Å². The quantitative estimate of drug-likeness (QED) is 0.898. The first kappa shape index (κ1) is 15.3. The summed E-state index contributed by atoms with van der Waals surface area (Å²) in [5.74, 6) is 1.00. The Labute approximate surface area is 123 Å². The molecule has 1 aromatic carbocycles. The number of likely N-dealkylation sites (tertiary alicyclic amines) is 1. The summed E-state index contributed by atoms with van der Waals surface area (Å²) in [7, 11) is 1.76. The molecular weight excluding hydrogens is 248 g/mol. The lowest BCUT2D eigenvalue weighted by atomic mass is 10.0. The summed E-state index contributed by atoms with van der Waals surface area (Å²) in [5.41, 5.74) is 8.52. The van der Waals surface area contributed by atoms with Crippen LogP contribution in [0.3, 0.4) is 0 Å². The molecule has 0 radical (unpaired) electrons.